The number of fused-ring (bicyclic) bond motifs is 2. The summed E-state index contributed by atoms with van der Waals surface area (Å²) in [6.45, 7) is 5.69. The third kappa shape index (κ3) is 1.59. The quantitative estimate of drug-likeness (QED) is 0.739. The summed E-state index contributed by atoms with van der Waals surface area (Å²) in [6, 6.07) is 0. The Balaban J connectivity index is 2.19. The van der Waals surface area contributed by atoms with Crippen molar-refractivity contribution in [1.82, 2.24) is 0 Å². The summed E-state index contributed by atoms with van der Waals surface area (Å²) in [5, 5.41) is 10.8. The Hall–Kier alpha value is -1.46. The second-order valence-corrected chi connectivity index (χ2v) is 6.52. The maximum atomic E-state index is 12.3. The van der Waals surface area contributed by atoms with Crippen LogP contribution in [0, 0.1) is 17.3 Å². The van der Waals surface area contributed by atoms with Crippen LogP contribution in [0.5, 0.6) is 0 Å². The zero-order chi connectivity index (χ0) is 15.6. The number of allylic oxidation sites excluding steroid dienone is 2. The Morgan fingerprint density at radius 1 is 1.43 bits per heavy atom. The molecule has 21 heavy (non-hydrogen) atoms. The summed E-state index contributed by atoms with van der Waals surface area (Å²) in [6.07, 6.45) is 2.69. The number of carbonyl (C=O) groups is 2. The second kappa shape index (κ2) is 4.27. The zero-order valence-corrected chi connectivity index (χ0v) is 12.7. The van der Waals surface area contributed by atoms with Gasteiger partial charge in [-0.25, -0.2) is 4.79 Å². The van der Waals surface area contributed by atoms with Crippen LogP contribution in [0.1, 0.15) is 27.2 Å². The van der Waals surface area contributed by atoms with Crippen molar-refractivity contribution in [1.29, 1.82) is 0 Å². The molecule has 1 aliphatic heterocycles. The van der Waals surface area contributed by atoms with Gasteiger partial charge in [-0.2, -0.15) is 0 Å². The van der Waals surface area contributed by atoms with E-state index in [0.29, 0.717) is 17.6 Å². The molecule has 1 heterocycles. The van der Waals surface area contributed by atoms with Crippen LogP contribution in [0.3, 0.4) is 0 Å². The van der Waals surface area contributed by atoms with Gasteiger partial charge in [0.2, 0.25) is 0 Å². The summed E-state index contributed by atoms with van der Waals surface area (Å²) in [7, 11) is 1.39. The number of methoxy groups -OCH3 is 1. The van der Waals surface area contributed by atoms with Gasteiger partial charge in [0.05, 0.1) is 5.92 Å². The third-order valence-corrected chi connectivity index (χ3v) is 5.60. The van der Waals surface area contributed by atoms with Crippen molar-refractivity contribution in [3.05, 3.63) is 23.3 Å². The molecule has 0 aromatic carbocycles. The van der Waals surface area contributed by atoms with E-state index in [1.54, 1.807) is 6.92 Å². The molecular weight excluding hydrogens is 272 g/mol. The molecule has 5 heteroatoms. The number of hydrogen-bond acceptors (Lipinski definition) is 5. The predicted molar refractivity (Wildman–Crippen MR) is 74.1 cm³/mol. The molecule has 5 nitrogen and oxygen atoms in total. The SMILES string of the molecule is COC12OC(=O)C(C)=C1CC1(C)C(C)C=CC(=O)C1C2O. The van der Waals surface area contributed by atoms with Gasteiger partial charge in [-0.05, 0) is 30.8 Å². The zero-order valence-electron chi connectivity index (χ0n) is 12.7. The van der Waals surface area contributed by atoms with E-state index in [9.17, 15) is 14.7 Å². The Kier molecular flexibility index (Phi) is 2.94. The molecule has 0 amide bonds. The fourth-order valence-corrected chi connectivity index (χ4v) is 4.00. The topological polar surface area (TPSA) is 72.8 Å². The van der Waals surface area contributed by atoms with Crippen molar-refractivity contribution in [2.75, 3.05) is 7.11 Å². The first-order valence-electron chi connectivity index (χ1n) is 7.16. The second-order valence-electron chi connectivity index (χ2n) is 6.52. The molecule has 0 aromatic heterocycles. The highest BCUT2D eigenvalue weighted by atomic mass is 16.7. The van der Waals surface area contributed by atoms with Crippen molar-refractivity contribution >= 4 is 11.8 Å². The summed E-state index contributed by atoms with van der Waals surface area (Å²) in [5.74, 6) is -2.66. The van der Waals surface area contributed by atoms with Gasteiger partial charge >= 0.3 is 5.97 Å². The van der Waals surface area contributed by atoms with Gasteiger partial charge in [0.15, 0.2) is 5.78 Å². The van der Waals surface area contributed by atoms with Crippen LogP contribution >= 0.6 is 0 Å². The molecular formula is C16H20O5. The van der Waals surface area contributed by atoms with Crippen molar-refractivity contribution < 1.29 is 24.2 Å². The average molecular weight is 292 g/mol. The normalized spacial score (nSPS) is 45.5. The Morgan fingerprint density at radius 2 is 2.10 bits per heavy atom. The van der Waals surface area contributed by atoms with Crippen LogP contribution in [0.15, 0.2) is 23.3 Å². The molecule has 0 radical (unpaired) electrons. The van der Waals surface area contributed by atoms with Gasteiger partial charge in [0.25, 0.3) is 5.79 Å². The number of aliphatic hydroxyl groups is 1. The lowest BCUT2D eigenvalue weighted by Crippen LogP contribution is -2.62. The maximum Gasteiger partial charge on any atom is 0.336 e. The van der Waals surface area contributed by atoms with Crippen LogP contribution in [-0.4, -0.2) is 35.9 Å². The molecule has 3 rings (SSSR count). The van der Waals surface area contributed by atoms with Gasteiger partial charge in [-0.15, -0.1) is 0 Å². The van der Waals surface area contributed by atoms with Crippen LogP contribution in [0.2, 0.25) is 0 Å². The van der Waals surface area contributed by atoms with Crippen molar-refractivity contribution in [3.8, 4) is 0 Å². The van der Waals surface area contributed by atoms with Crippen molar-refractivity contribution in [3.63, 3.8) is 0 Å². The summed E-state index contributed by atoms with van der Waals surface area (Å²) in [4.78, 5) is 24.3. The molecule has 1 saturated carbocycles. The minimum Gasteiger partial charge on any atom is -0.423 e. The standard InChI is InChI=1S/C16H20O5/c1-8-5-6-11(17)12-13(18)16(20-4)10(7-15(8,12)3)9(2)14(19)21-16/h5-6,8,12-13,18H,7H2,1-4H3. The molecule has 0 spiro atoms. The highest BCUT2D eigenvalue weighted by Crippen LogP contribution is 2.58. The van der Waals surface area contributed by atoms with E-state index in [2.05, 4.69) is 0 Å². The average Bonchev–Trinajstić information content (AvgIpc) is 2.68. The lowest BCUT2D eigenvalue weighted by Gasteiger charge is -2.53. The van der Waals surface area contributed by atoms with E-state index in [-0.39, 0.29) is 11.7 Å². The number of ketones is 1. The number of aliphatic hydroxyl groups excluding tert-OH is 1. The molecule has 5 unspecified atom stereocenters. The van der Waals surface area contributed by atoms with E-state index >= 15 is 0 Å². The van der Waals surface area contributed by atoms with E-state index in [4.69, 9.17) is 9.47 Å². The number of esters is 1. The molecule has 0 saturated heterocycles. The number of hydrogen-bond donors (Lipinski definition) is 1. The van der Waals surface area contributed by atoms with Crippen molar-refractivity contribution in [2.24, 2.45) is 17.3 Å². The van der Waals surface area contributed by atoms with E-state index in [1.807, 2.05) is 19.9 Å². The molecule has 0 aromatic rings. The fourth-order valence-electron chi connectivity index (χ4n) is 4.00. The highest BCUT2D eigenvalue weighted by Gasteiger charge is 2.65. The van der Waals surface area contributed by atoms with E-state index in [1.165, 1.54) is 13.2 Å². The monoisotopic (exact) mass is 292 g/mol. The summed E-state index contributed by atoms with van der Waals surface area (Å²) in [5.41, 5.74) is 0.693. The van der Waals surface area contributed by atoms with Gasteiger partial charge in [0, 0.05) is 18.3 Å². The summed E-state index contributed by atoms with van der Waals surface area (Å²) < 4.78 is 10.7. The molecule has 0 bridgehead atoms. The van der Waals surface area contributed by atoms with Gasteiger partial charge in [-0.1, -0.05) is 19.9 Å². The molecule has 114 valence electrons. The maximum absolute atomic E-state index is 12.3. The predicted octanol–water partition coefficient (Wildman–Crippen LogP) is 1.36. The van der Waals surface area contributed by atoms with Crippen molar-refractivity contribution in [2.45, 2.75) is 39.1 Å². The minimum absolute atomic E-state index is 0.112. The number of rotatable bonds is 1. The van der Waals surface area contributed by atoms with Gasteiger partial charge < -0.3 is 14.6 Å². The summed E-state index contributed by atoms with van der Waals surface area (Å²) >= 11 is 0. The largest absolute Gasteiger partial charge is 0.423 e. The first kappa shape index (κ1) is 14.5. The highest BCUT2D eigenvalue weighted by molar-refractivity contribution is 5.96. The van der Waals surface area contributed by atoms with Gasteiger partial charge in [-0.3, -0.25) is 4.79 Å². The van der Waals surface area contributed by atoms with E-state index < -0.39 is 29.2 Å². The molecule has 1 fully saturated rings. The minimum atomic E-state index is -1.51. The lowest BCUT2D eigenvalue weighted by molar-refractivity contribution is -0.259. The smallest absolute Gasteiger partial charge is 0.336 e. The third-order valence-electron chi connectivity index (χ3n) is 5.60. The van der Waals surface area contributed by atoms with Crippen LogP contribution in [0.4, 0.5) is 0 Å². The first-order valence-corrected chi connectivity index (χ1v) is 7.16. The van der Waals surface area contributed by atoms with Crippen LogP contribution in [0.25, 0.3) is 0 Å². The number of carbonyl (C=O) groups excluding carboxylic acids is 2. The van der Waals surface area contributed by atoms with Crippen LogP contribution < -0.4 is 0 Å². The fraction of sp³-hybridized carbons (Fsp3) is 0.625. The Bertz CT molecular complexity index is 589. The lowest BCUT2D eigenvalue weighted by atomic mass is 9.54. The first-order chi connectivity index (χ1) is 9.78. The molecule has 2 aliphatic carbocycles. The molecule has 3 aliphatic rings. The number of ether oxygens (including phenoxy) is 2. The van der Waals surface area contributed by atoms with Crippen LogP contribution in [-0.2, 0) is 19.1 Å². The van der Waals surface area contributed by atoms with E-state index in [0.717, 1.165) is 0 Å². The molecule has 5 atom stereocenters. The Morgan fingerprint density at radius 3 is 2.71 bits per heavy atom. The van der Waals surface area contributed by atoms with Gasteiger partial charge in [0.1, 0.15) is 6.10 Å². The molecule has 1 N–H and O–H groups in total. The Labute approximate surface area is 123 Å².